The van der Waals surface area contributed by atoms with Crippen molar-refractivity contribution in [2.75, 3.05) is 54.0 Å². The highest BCUT2D eigenvalue weighted by molar-refractivity contribution is 6.17. The second kappa shape index (κ2) is 15.6. The summed E-state index contributed by atoms with van der Waals surface area (Å²) in [5.74, 6) is -3.98. The van der Waals surface area contributed by atoms with Crippen molar-refractivity contribution in [2.24, 2.45) is 35.0 Å². The van der Waals surface area contributed by atoms with E-state index in [1.807, 2.05) is 19.1 Å². The van der Waals surface area contributed by atoms with Gasteiger partial charge in [-0.05, 0) is 62.1 Å². The van der Waals surface area contributed by atoms with Crippen molar-refractivity contribution in [2.45, 2.75) is 40.5 Å². The number of amides is 4. The number of alkyl halides is 1. The molecule has 2 saturated heterocycles. The van der Waals surface area contributed by atoms with Crippen LogP contribution < -0.4 is 18.9 Å². The van der Waals surface area contributed by atoms with E-state index < -0.39 is 64.6 Å². The molecule has 7 rings (SSSR count). The number of carbonyl (C=O) groups is 5. The van der Waals surface area contributed by atoms with Gasteiger partial charge < -0.3 is 23.7 Å². The zero-order chi connectivity index (χ0) is 38.1. The van der Waals surface area contributed by atoms with Crippen LogP contribution in [-0.2, 0) is 41.6 Å². The Morgan fingerprint density at radius 1 is 0.692 bits per heavy atom. The summed E-state index contributed by atoms with van der Waals surface area (Å²) >= 11 is 5.00. The van der Waals surface area contributed by atoms with E-state index in [4.69, 9.17) is 35.3 Å². The molecule has 0 radical (unpaired) electrons. The molecule has 52 heavy (non-hydrogen) atoms. The lowest BCUT2D eigenvalue weighted by molar-refractivity contribution is -0.155. The Balaban J connectivity index is 0.00000168. The van der Waals surface area contributed by atoms with Gasteiger partial charge in [-0.25, -0.2) is 4.79 Å². The fourth-order valence-corrected chi connectivity index (χ4v) is 8.92. The minimum Gasteiger partial charge on any atom is -0.493 e. The number of allylic oxidation sites excluding steroid dienone is 1. The molecule has 0 N–H and O–H groups in total. The number of rotatable bonds is 12. The number of esters is 1. The van der Waals surface area contributed by atoms with Crippen LogP contribution >= 0.6 is 11.6 Å². The number of carbonyl (C=O) groups excluding carboxylic acids is 5. The molecule has 280 valence electrons. The number of halogens is 1. The van der Waals surface area contributed by atoms with Gasteiger partial charge in [-0.3, -0.25) is 29.0 Å². The maximum absolute atomic E-state index is 14.4. The number of ether oxygens (including phenoxy) is 5. The fraction of sp³-hybridized carbons (Fsp3) is 0.513. The van der Waals surface area contributed by atoms with Crippen molar-refractivity contribution in [1.29, 1.82) is 0 Å². The lowest BCUT2D eigenvalue weighted by atomic mass is 9.43. The molecular weight excluding hydrogens is 692 g/mol. The molecule has 12 nitrogen and oxygen atoms in total. The Labute approximate surface area is 309 Å². The molecule has 0 aromatic heterocycles. The van der Waals surface area contributed by atoms with Crippen LogP contribution in [0, 0.1) is 35.0 Å². The molecule has 2 bridgehead atoms. The van der Waals surface area contributed by atoms with Crippen LogP contribution in [-0.4, -0.2) is 93.4 Å². The van der Waals surface area contributed by atoms with Crippen LogP contribution in [0.15, 0.2) is 47.5 Å². The van der Waals surface area contributed by atoms with Crippen LogP contribution in [0.3, 0.4) is 0 Å². The molecule has 2 heterocycles. The SMILES string of the molecule is CCCl.CCOC(=O)C1=C(C)C2C3C(=O)N(CCc4ccc(OC)c(OC)c4)C(=O)C3C1(C)C1C(=O)N(CCc3ccc(OC)c(OC)c3)C(=O)C21. The summed E-state index contributed by atoms with van der Waals surface area (Å²) in [6, 6.07) is 10.8. The Morgan fingerprint density at radius 2 is 1.10 bits per heavy atom. The van der Waals surface area contributed by atoms with E-state index in [0.717, 1.165) is 17.0 Å². The smallest absolute Gasteiger partial charge is 0.334 e. The van der Waals surface area contributed by atoms with Gasteiger partial charge in [-0.15, -0.1) is 11.6 Å². The van der Waals surface area contributed by atoms with Gasteiger partial charge in [-0.2, -0.15) is 0 Å². The van der Waals surface area contributed by atoms with Crippen LogP contribution in [0.1, 0.15) is 38.8 Å². The van der Waals surface area contributed by atoms with Gasteiger partial charge in [0.2, 0.25) is 23.6 Å². The topological polar surface area (TPSA) is 138 Å². The maximum Gasteiger partial charge on any atom is 0.334 e. The summed E-state index contributed by atoms with van der Waals surface area (Å²) in [7, 11) is 6.14. The van der Waals surface area contributed by atoms with Crippen molar-refractivity contribution < 1.29 is 47.7 Å². The van der Waals surface area contributed by atoms with E-state index in [1.165, 1.54) is 24.0 Å². The number of benzene rings is 2. The van der Waals surface area contributed by atoms with Crippen molar-refractivity contribution in [3.05, 3.63) is 58.7 Å². The van der Waals surface area contributed by atoms with Gasteiger partial charge in [0.25, 0.3) is 0 Å². The lowest BCUT2D eigenvalue weighted by Gasteiger charge is -2.55. The number of hydrogen-bond acceptors (Lipinski definition) is 10. The summed E-state index contributed by atoms with van der Waals surface area (Å²) in [6.45, 7) is 7.27. The summed E-state index contributed by atoms with van der Waals surface area (Å²) in [4.78, 5) is 73.3. The van der Waals surface area contributed by atoms with Gasteiger partial charge in [0.1, 0.15) is 0 Å². The molecule has 5 aliphatic rings. The number of imide groups is 2. The molecule has 3 fully saturated rings. The minimum absolute atomic E-state index is 0.0887. The van der Waals surface area contributed by atoms with Gasteiger partial charge in [-0.1, -0.05) is 31.6 Å². The Hall–Kier alpha value is -4.58. The quantitative estimate of drug-likeness (QED) is 0.174. The summed E-state index contributed by atoms with van der Waals surface area (Å²) in [5, 5.41) is 0. The highest BCUT2D eigenvalue weighted by atomic mass is 35.5. The first-order valence-corrected chi connectivity index (χ1v) is 18.0. The highest BCUT2D eigenvalue weighted by Crippen LogP contribution is 2.68. The molecule has 2 aliphatic heterocycles. The van der Waals surface area contributed by atoms with E-state index in [1.54, 1.807) is 59.3 Å². The van der Waals surface area contributed by atoms with Crippen molar-refractivity contribution >= 4 is 41.2 Å². The molecule has 4 unspecified atom stereocenters. The second-order valence-corrected chi connectivity index (χ2v) is 13.9. The molecule has 2 aromatic carbocycles. The molecule has 4 atom stereocenters. The van der Waals surface area contributed by atoms with Crippen LogP contribution in [0.5, 0.6) is 23.0 Å². The zero-order valence-electron chi connectivity index (χ0n) is 30.9. The highest BCUT2D eigenvalue weighted by Gasteiger charge is 2.76. The molecule has 1 saturated carbocycles. The molecule has 4 amide bonds. The first-order valence-electron chi connectivity index (χ1n) is 17.5. The van der Waals surface area contributed by atoms with Gasteiger partial charge in [0.05, 0.1) is 58.7 Å². The predicted molar refractivity (Wildman–Crippen MR) is 191 cm³/mol. The number of hydrogen-bond donors (Lipinski definition) is 0. The van der Waals surface area contributed by atoms with Crippen molar-refractivity contribution in [3.63, 3.8) is 0 Å². The Kier molecular flexibility index (Phi) is 11.6. The van der Waals surface area contributed by atoms with E-state index in [2.05, 4.69) is 0 Å². The maximum atomic E-state index is 14.4. The van der Waals surface area contributed by atoms with Crippen molar-refractivity contribution in [1.82, 2.24) is 9.80 Å². The van der Waals surface area contributed by atoms with E-state index >= 15 is 0 Å². The molecule has 2 aromatic rings. The third-order valence-corrected chi connectivity index (χ3v) is 11.0. The molecule has 3 aliphatic carbocycles. The third kappa shape index (κ3) is 6.18. The van der Waals surface area contributed by atoms with E-state index in [-0.39, 0.29) is 25.3 Å². The lowest BCUT2D eigenvalue weighted by Crippen LogP contribution is -2.61. The van der Waals surface area contributed by atoms with Gasteiger partial charge in [0, 0.05) is 35.9 Å². The van der Waals surface area contributed by atoms with Crippen LogP contribution in [0.25, 0.3) is 0 Å². The van der Waals surface area contributed by atoms with E-state index in [9.17, 15) is 24.0 Å². The molecule has 13 heteroatoms. The largest absolute Gasteiger partial charge is 0.493 e. The minimum atomic E-state index is -1.43. The summed E-state index contributed by atoms with van der Waals surface area (Å²) < 4.78 is 27.0. The number of likely N-dealkylation sites (tertiary alicyclic amines) is 2. The first kappa shape index (κ1) is 38.6. The van der Waals surface area contributed by atoms with Gasteiger partial charge in [0.15, 0.2) is 23.0 Å². The molecule has 0 spiro atoms. The Bertz CT molecular complexity index is 1690. The monoisotopic (exact) mass is 738 g/mol. The number of methoxy groups -OCH3 is 4. The summed E-state index contributed by atoms with van der Waals surface area (Å²) in [5.41, 5.74) is 0.991. The standard InChI is InChI=1S/C37H42N2O10.C2H5Cl/c1-8-49-36(44)29-19(2)26-27-30(34(42)38(32(27)40)15-13-20-9-11-22(45-4)24(17-20)47-6)37(29,3)31-28(26)33(41)39(35(31)43)16-14-21-10-12-23(46-5)25(18-21)48-7;1-2-3/h9-12,17-18,26-28,30-31H,8,13-16H2,1-7H3;2H2,1H3. The van der Waals surface area contributed by atoms with Gasteiger partial charge >= 0.3 is 5.97 Å². The van der Waals surface area contributed by atoms with E-state index in [0.29, 0.717) is 41.4 Å². The number of nitrogens with zero attached hydrogens (tertiary/aromatic N) is 2. The average molecular weight is 739 g/mol. The van der Waals surface area contributed by atoms with Crippen molar-refractivity contribution in [3.8, 4) is 23.0 Å². The first-order chi connectivity index (χ1) is 24.9. The average Bonchev–Trinajstić information content (AvgIpc) is 3.54. The zero-order valence-corrected chi connectivity index (χ0v) is 31.7. The van der Waals surface area contributed by atoms with Crippen LogP contribution in [0.4, 0.5) is 0 Å². The predicted octanol–water partition coefficient (Wildman–Crippen LogP) is 4.48. The normalized spacial score (nSPS) is 25.8. The summed E-state index contributed by atoms with van der Waals surface area (Å²) in [6.07, 6.45) is 0.703. The molecular formula is C39H47ClN2O10. The second-order valence-electron chi connectivity index (χ2n) is 13.4. The Morgan fingerprint density at radius 3 is 1.46 bits per heavy atom. The third-order valence-electron chi connectivity index (χ3n) is 11.0. The van der Waals surface area contributed by atoms with Crippen LogP contribution in [0.2, 0.25) is 0 Å². The fourth-order valence-electron chi connectivity index (χ4n) is 8.92.